The highest BCUT2D eigenvalue weighted by Gasteiger charge is 2.21. The Hall–Kier alpha value is -3.55. The van der Waals surface area contributed by atoms with Gasteiger partial charge in [-0.2, -0.15) is 0 Å². The molecule has 0 aliphatic carbocycles. The van der Waals surface area contributed by atoms with Gasteiger partial charge >= 0.3 is 0 Å². The van der Waals surface area contributed by atoms with Crippen LogP contribution in [0.5, 0.6) is 0 Å². The van der Waals surface area contributed by atoms with E-state index in [1.807, 2.05) is 53.2 Å². The molecule has 1 aromatic heterocycles. The van der Waals surface area contributed by atoms with Crippen LogP contribution < -0.4 is 5.32 Å². The fourth-order valence-electron chi connectivity index (χ4n) is 4.29. The molecule has 1 atom stereocenters. The van der Waals surface area contributed by atoms with E-state index >= 15 is 0 Å². The van der Waals surface area contributed by atoms with Crippen molar-refractivity contribution >= 4 is 16.9 Å². The van der Waals surface area contributed by atoms with Crippen molar-refractivity contribution in [3.63, 3.8) is 0 Å². The van der Waals surface area contributed by atoms with Gasteiger partial charge in [0.25, 0.3) is 5.91 Å². The topological polar surface area (TPSA) is 72.3 Å². The second-order valence-corrected chi connectivity index (χ2v) is 8.78. The quantitative estimate of drug-likeness (QED) is 0.461. The average molecular weight is 456 g/mol. The number of rotatable bonds is 7. The predicted molar refractivity (Wildman–Crippen MR) is 132 cm³/mol. The Morgan fingerprint density at radius 3 is 2.50 bits per heavy atom. The summed E-state index contributed by atoms with van der Waals surface area (Å²) in [6.45, 7) is 6.66. The molecule has 5 rings (SSSR count). The molecule has 2 heterocycles. The number of para-hydroxylation sites is 1. The molecule has 1 saturated heterocycles. The maximum Gasteiger partial charge on any atom is 0.251 e. The van der Waals surface area contributed by atoms with Gasteiger partial charge in [-0.15, -0.1) is 5.10 Å². The van der Waals surface area contributed by atoms with Crippen LogP contribution in [0.4, 0.5) is 0 Å². The molecule has 1 amide bonds. The zero-order valence-corrected chi connectivity index (χ0v) is 19.4. The number of aromatic nitrogens is 3. The SMILES string of the molecule is Cc1ccc([C@H](CN2CCOCC2)NC(=O)c2ccc(Cn3nnc4ccccc43)cc2)cc1. The van der Waals surface area contributed by atoms with E-state index in [0.717, 1.165) is 55.0 Å². The molecule has 0 unspecified atom stereocenters. The lowest BCUT2D eigenvalue weighted by molar-refractivity contribution is 0.0332. The first-order valence-electron chi connectivity index (χ1n) is 11.7. The van der Waals surface area contributed by atoms with Crippen molar-refractivity contribution in [3.05, 3.63) is 95.1 Å². The Kier molecular flexibility index (Phi) is 6.65. The predicted octanol–water partition coefficient (Wildman–Crippen LogP) is 3.59. The van der Waals surface area contributed by atoms with Crippen LogP contribution >= 0.6 is 0 Å². The Morgan fingerprint density at radius 1 is 1.00 bits per heavy atom. The van der Waals surface area contributed by atoms with Crippen LogP contribution in [0.3, 0.4) is 0 Å². The van der Waals surface area contributed by atoms with Crippen molar-refractivity contribution in [1.82, 2.24) is 25.2 Å². The highest BCUT2D eigenvalue weighted by molar-refractivity contribution is 5.94. The molecule has 4 aromatic rings. The summed E-state index contributed by atoms with van der Waals surface area (Å²) in [6, 6.07) is 23.9. The van der Waals surface area contributed by atoms with E-state index in [-0.39, 0.29) is 11.9 Å². The molecule has 7 heteroatoms. The van der Waals surface area contributed by atoms with Gasteiger partial charge in [0.1, 0.15) is 5.52 Å². The summed E-state index contributed by atoms with van der Waals surface area (Å²) in [7, 11) is 0. The van der Waals surface area contributed by atoms with E-state index in [1.54, 1.807) is 0 Å². The number of hydrogen-bond donors (Lipinski definition) is 1. The van der Waals surface area contributed by atoms with Crippen molar-refractivity contribution in [2.24, 2.45) is 0 Å². The van der Waals surface area contributed by atoms with Gasteiger partial charge in [0.2, 0.25) is 0 Å². The van der Waals surface area contributed by atoms with E-state index in [9.17, 15) is 4.79 Å². The number of ether oxygens (including phenoxy) is 1. The van der Waals surface area contributed by atoms with Crippen molar-refractivity contribution < 1.29 is 9.53 Å². The maximum atomic E-state index is 13.2. The summed E-state index contributed by atoms with van der Waals surface area (Å²) in [5.41, 5.74) is 5.90. The number of fused-ring (bicyclic) bond motifs is 1. The van der Waals surface area contributed by atoms with E-state index in [4.69, 9.17) is 4.74 Å². The van der Waals surface area contributed by atoms with Crippen LogP contribution in [0.2, 0.25) is 0 Å². The Labute approximate surface area is 199 Å². The molecule has 1 aliphatic heterocycles. The Bertz CT molecular complexity index is 1240. The number of nitrogens with zero attached hydrogens (tertiary/aromatic N) is 4. The van der Waals surface area contributed by atoms with Gasteiger partial charge in [-0.05, 0) is 42.3 Å². The average Bonchev–Trinajstić information content (AvgIpc) is 3.28. The number of benzene rings is 3. The van der Waals surface area contributed by atoms with Gasteiger partial charge in [-0.25, -0.2) is 4.68 Å². The number of nitrogens with one attached hydrogen (secondary N) is 1. The zero-order valence-electron chi connectivity index (χ0n) is 19.4. The summed E-state index contributed by atoms with van der Waals surface area (Å²) in [4.78, 5) is 15.5. The summed E-state index contributed by atoms with van der Waals surface area (Å²) in [6.07, 6.45) is 0. The Morgan fingerprint density at radius 2 is 1.74 bits per heavy atom. The van der Waals surface area contributed by atoms with Gasteiger partial charge in [0, 0.05) is 25.2 Å². The highest BCUT2D eigenvalue weighted by atomic mass is 16.5. The Balaban J connectivity index is 1.29. The van der Waals surface area contributed by atoms with E-state index in [1.165, 1.54) is 5.56 Å². The number of aryl methyl sites for hydroxylation is 1. The third-order valence-electron chi connectivity index (χ3n) is 6.30. The molecule has 0 saturated carbocycles. The number of carbonyl (C=O) groups excluding carboxylic acids is 1. The van der Waals surface area contributed by atoms with Gasteiger partial charge in [0.05, 0.1) is 31.3 Å². The number of morpholine rings is 1. The smallest absolute Gasteiger partial charge is 0.251 e. The summed E-state index contributed by atoms with van der Waals surface area (Å²) in [5, 5.41) is 11.7. The monoisotopic (exact) mass is 455 g/mol. The normalized spacial score (nSPS) is 15.3. The van der Waals surface area contributed by atoms with Gasteiger partial charge in [0.15, 0.2) is 0 Å². The van der Waals surface area contributed by atoms with Crippen LogP contribution in [0.25, 0.3) is 11.0 Å². The molecule has 3 aromatic carbocycles. The number of carbonyl (C=O) groups is 1. The fourth-order valence-corrected chi connectivity index (χ4v) is 4.29. The third-order valence-corrected chi connectivity index (χ3v) is 6.30. The number of hydrogen-bond acceptors (Lipinski definition) is 5. The lowest BCUT2D eigenvalue weighted by atomic mass is 10.0. The maximum absolute atomic E-state index is 13.2. The first-order valence-corrected chi connectivity index (χ1v) is 11.7. The second-order valence-electron chi connectivity index (χ2n) is 8.78. The molecule has 174 valence electrons. The van der Waals surface area contributed by atoms with Gasteiger partial charge in [-0.3, -0.25) is 9.69 Å². The zero-order chi connectivity index (χ0) is 23.3. The molecular formula is C27H29N5O2. The molecule has 0 radical (unpaired) electrons. The van der Waals surface area contributed by atoms with Crippen molar-refractivity contribution in [3.8, 4) is 0 Å². The fraction of sp³-hybridized carbons (Fsp3) is 0.296. The lowest BCUT2D eigenvalue weighted by Gasteiger charge is -2.31. The lowest BCUT2D eigenvalue weighted by Crippen LogP contribution is -2.43. The van der Waals surface area contributed by atoms with Crippen molar-refractivity contribution in [2.75, 3.05) is 32.8 Å². The summed E-state index contributed by atoms with van der Waals surface area (Å²) >= 11 is 0. The van der Waals surface area contributed by atoms with Crippen molar-refractivity contribution in [2.45, 2.75) is 19.5 Å². The first kappa shape index (κ1) is 22.3. The minimum atomic E-state index is -0.0904. The van der Waals surface area contributed by atoms with E-state index < -0.39 is 0 Å². The van der Waals surface area contributed by atoms with E-state index in [0.29, 0.717) is 12.1 Å². The van der Waals surface area contributed by atoms with Gasteiger partial charge in [-0.1, -0.05) is 59.3 Å². The summed E-state index contributed by atoms with van der Waals surface area (Å²) < 4.78 is 7.36. The second kappa shape index (κ2) is 10.2. The first-order chi connectivity index (χ1) is 16.7. The third kappa shape index (κ3) is 5.16. The number of amides is 1. The molecule has 1 N–H and O–H groups in total. The van der Waals surface area contributed by atoms with E-state index in [2.05, 4.69) is 51.7 Å². The van der Waals surface area contributed by atoms with Crippen LogP contribution in [0.15, 0.2) is 72.8 Å². The molecular weight excluding hydrogens is 426 g/mol. The molecule has 1 fully saturated rings. The van der Waals surface area contributed by atoms with Crippen LogP contribution in [-0.2, 0) is 11.3 Å². The summed E-state index contributed by atoms with van der Waals surface area (Å²) in [5.74, 6) is -0.0726. The molecule has 1 aliphatic rings. The van der Waals surface area contributed by atoms with Crippen molar-refractivity contribution in [1.29, 1.82) is 0 Å². The highest BCUT2D eigenvalue weighted by Crippen LogP contribution is 2.18. The molecule has 0 spiro atoms. The minimum Gasteiger partial charge on any atom is -0.379 e. The molecule has 7 nitrogen and oxygen atoms in total. The standard InChI is InChI=1S/C27H29N5O2/c1-20-6-10-22(11-7-20)25(19-31-14-16-34-17-15-31)28-27(33)23-12-8-21(9-13-23)18-32-26-5-3-2-4-24(26)29-30-32/h2-13,25H,14-19H2,1H3,(H,28,33)/t25-/m0/s1. The van der Waals surface area contributed by atoms with Gasteiger partial charge < -0.3 is 10.1 Å². The largest absolute Gasteiger partial charge is 0.379 e. The minimum absolute atomic E-state index is 0.0726. The molecule has 0 bridgehead atoms. The molecule has 34 heavy (non-hydrogen) atoms. The van der Waals surface area contributed by atoms with Crippen LogP contribution in [0, 0.1) is 6.92 Å². The van der Waals surface area contributed by atoms with Crippen LogP contribution in [0.1, 0.15) is 33.1 Å². The van der Waals surface area contributed by atoms with Crippen LogP contribution in [-0.4, -0.2) is 58.6 Å².